The maximum Gasteiger partial charge on any atom is 0.261 e. The highest BCUT2D eigenvalue weighted by molar-refractivity contribution is 7.14. The minimum absolute atomic E-state index is 0.0229. The second-order valence-electron chi connectivity index (χ2n) is 5.54. The number of ether oxygens (including phenoxy) is 1. The first-order valence-corrected chi connectivity index (χ1v) is 8.72. The molecule has 3 nitrogen and oxygen atoms in total. The van der Waals surface area contributed by atoms with Gasteiger partial charge in [-0.15, -0.1) is 11.3 Å². The first kappa shape index (κ1) is 15.1. The van der Waals surface area contributed by atoms with E-state index in [1.54, 1.807) is 11.3 Å². The summed E-state index contributed by atoms with van der Waals surface area (Å²) in [7, 11) is 0. The first-order valence-electron chi connectivity index (χ1n) is 7.90. The lowest BCUT2D eigenvalue weighted by atomic mass is 10.1. The van der Waals surface area contributed by atoms with Crippen molar-refractivity contribution in [2.45, 2.75) is 32.1 Å². The molecule has 116 valence electrons. The molecule has 1 aromatic heterocycles. The summed E-state index contributed by atoms with van der Waals surface area (Å²) in [5.74, 6) is 0.856. The summed E-state index contributed by atoms with van der Waals surface area (Å²) in [6.07, 6.45) is 6.05. The fraction of sp³-hybridized carbons (Fsp3) is 0.389. The zero-order chi connectivity index (χ0) is 15.2. The number of rotatable bonds is 5. The minimum Gasteiger partial charge on any atom is -0.492 e. The lowest BCUT2D eigenvalue weighted by Gasteiger charge is -2.06. The number of hydrogen-bond acceptors (Lipinski definition) is 3. The van der Waals surface area contributed by atoms with Gasteiger partial charge in [0.15, 0.2) is 0 Å². The van der Waals surface area contributed by atoms with Gasteiger partial charge in [-0.3, -0.25) is 4.79 Å². The van der Waals surface area contributed by atoms with Crippen molar-refractivity contribution in [1.29, 1.82) is 0 Å². The van der Waals surface area contributed by atoms with Crippen molar-refractivity contribution in [3.8, 4) is 5.75 Å². The predicted molar refractivity (Wildman–Crippen MR) is 89.8 cm³/mol. The number of benzene rings is 1. The fourth-order valence-corrected chi connectivity index (χ4v) is 3.89. The molecule has 0 radical (unpaired) electrons. The van der Waals surface area contributed by atoms with Crippen molar-refractivity contribution >= 4 is 17.2 Å². The van der Waals surface area contributed by atoms with Crippen LogP contribution in [0.15, 0.2) is 36.4 Å². The molecular weight excluding hydrogens is 294 g/mol. The van der Waals surface area contributed by atoms with Crippen molar-refractivity contribution < 1.29 is 9.53 Å². The molecule has 1 heterocycles. The second-order valence-corrected chi connectivity index (χ2v) is 6.67. The lowest BCUT2D eigenvalue weighted by Crippen LogP contribution is -2.27. The molecule has 1 amide bonds. The molecule has 2 aromatic rings. The Morgan fingerprint density at radius 2 is 1.95 bits per heavy atom. The monoisotopic (exact) mass is 315 g/mol. The molecule has 1 aromatic carbocycles. The average molecular weight is 315 g/mol. The Balaban J connectivity index is 1.48. The first-order chi connectivity index (χ1) is 10.8. The highest BCUT2D eigenvalue weighted by Gasteiger charge is 2.16. The molecule has 1 aliphatic carbocycles. The zero-order valence-electron chi connectivity index (χ0n) is 12.6. The molecular formula is C18H21NO2S. The van der Waals surface area contributed by atoms with Crippen LogP contribution >= 0.6 is 11.3 Å². The Morgan fingerprint density at radius 3 is 2.82 bits per heavy atom. The van der Waals surface area contributed by atoms with E-state index >= 15 is 0 Å². The van der Waals surface area contributed by atoms with Crippen LogP contribution in [0, 0.1) is 0 Å². The summed E-state index contributed by atoms with van der Waals surface area (Å²) in [6, 6.07) is 11.7. The number of nitrogens with one attached hydrogen (secondary N) is 1. The standard InChI is InChI=1S/C18H21NO2S/c20-18(19-11-12-21-15-8-4-2-5-9-15)17-13-14-7-3-1-6-10-16(14)22-17/h2,4-5,8-9,13H,1,3,6-7,10-12H2,(H,19,20). The Labute approximate surface area is 135 Å². The van der Waals surface area contributed by atoms with Gasteiger partial charge in [0.2, 0.25) is 0 Å². The van der Waals surface area contributed by atoms with Crippen LogP contribution in [0.1, 0.15) is 39.4 Å². The van der Waals surface area contributed by atoms with Gasteiger partial charge < -0.3 is 10.1 Å². The number of para-hydroxylation sites is 1. The zero-order valence-corrected chi connectivity index (χ0v) is 13.5. The fourth-order valence-electron chi connectivity index (χ4n) is 2.72. The maximum atomic E-state index is 12.2. The van der Waals surface area contributed by atoms with E-state index in [0.29, 0.717) is 13.2 Å². The highest BCUT2D eigenvalue weighted by Crippen LogP contribution is 2.28. The van der Waals surface area contributed by atoms with E-state index in [9.17, 15) is 4.79 Å². The third-order valence-electron chi connectivity index (χ3n) is 3.87. The summed E-state index contributed by atoms with van der Waals surface area (Å²) in [5, 5.41) is 2.94. The number of hydrogen-bond donors (Lipinski definition) is 1. The van der Waals surface area contributed by atoms with Crippen LogP contribution in [0.5, 0.6) is 5.75 Å². The smallest absolute Gasteiger partial charge is 0.261 e. The van der Waals surface area contributed by atoms with Gasteiger partial charge >= 0.3 is 0 Å². The molecule has 0 fully saturated rings. The Kier molecular flexibility index (Phi) is 5.11. The molecule has 0 bridgehead atoms. The van der Waals surface area contributed by atoms with Crippen molar-refractivity contribution in [1.82, 2.24) is 5.32 Å². The van der Waals surface area contributed by atoms with Crippen LogP contribution in [0.2, 0.25) is 0 Å². The number of thiophene rings is 1. The van der Waals surface area contributed by atoms with Crippen LogP contribution in [-0.4, -0.2) is 19.1 Å². The molecule has 0 aliphatic heterocycles. The number of carbonyl (C=O) groups excluding carboxylic acids is 1. The van der Waals surface area contributed by atoms with Gasteiger partial charge in [-0.2, -0.15) is 0 Å². The van der Waals surface area contributed by atoms with Crippen LogP contribution in [-0.2, 0) is 12.8 Å². The van der Waals surface area contributed by atoms with Gasteiger partial charge in [0, 0.05) is 4.88 Å². The summed E-state index contributed by atoms with van der Waals surface area (Å²) in [5.41, 5.74) is 1.38. The minimum atomic E-state index is 0.0229. The molecule has 0 spiro atoms. The van der Waals surface area contributed by atoms with Crippen molar-refractivity contribution in [3.63, 3.8) is 0 Å². The maximum absolute atomic E-state index is 12.2. The van der Waals surface area contributed by atoms with E-state index in [4.69, 9.17) is 4.74 Å². The molecule has 0 saturated heterocycles. The van der Waals surface area contributed by atoms with E-state index < -0.39 is 0 Å². The van der Waals surface area contributed by atoms with E-state index in [2.05, 4.69) is 11.4 Å². The van der Waals surface area contributed by atoms with Gasteiger partial charge in [-0.1, -0.05) is 24.6 Å². The van der Waals surface area contributed by atoms with Gasteiger partial charge in [0.05, 0.1) is 11.4 Å². The van der Waals surface area contributed by atoms with E-state index in [0.717, 1.165) is 23.5 Å². The van der Waals surface area contributed by atoms with Crippen LogP contribution in [0.4, 0.5) is 0 Å². The van der Waals surface area contributed by atoms with Crippen LogP contribution in [0.25, 0.3) is 0 Å². The van der Waals surface area contributed by atoms with Crippen LogP contribution in [0.3, 0.4) is 0 Å². The summed E-state index contributed by atoms with van der Waals surface area (Å²) >= 11 is 1.66. The van der Waals surface area contributed by atoms with Gasteiger partial charge in [0.1, 0.15) is 12.4 Å². The number of amides is 1. The molecule has 22 heavy (non-hydrogen) atoms. The van der Waals surface area contributed by atoms with Crippen molar-refractivity contribution in [3.05, 3.63) is 51.7 Å². The summed E-state index contributed by atoms with van der Waals surface area (Å²) in [4.78, 5) is 14.4. The van der Waals surface area contributed by atoms with Gasteiger partial charge in [-0.05, 0) is 49.4 Å². The molecule has 1 N–H and O–H groups in total. The summed E-state index contributed by atoms with van der Waals surface area (Å²) in [6.45, 7) is 1.01. The molecule has 0 unspecified atom stereocenters. The third-order valence-corrected chi connectivity index (χ3v) is 5.11. The number of aryl methyl sites for hydroxylation is 2. The third kappa shape index (κ3) is 3.89. The Hall–Kier alpha value is -1.81. The average Bonchev–Trinajstić information content (AvgIpc) is 2.83. The Morgan fingerprint density at radius 1 is 1.14 bits per heavy atom. The highest BCUT2D eigenvalue weighted by atomic mass is 32.1. The summed E-state index contributed by atoms with van der Waals surface area (Å²) < 4.78 is 5.58. The van der Waals surface area contributed by atoms with E-state index in [1.165, 1.54) is 29.7 Å². The lowest BCUT2D eigenvalue weighted by molar-refractivity contribution is 0.0951. The van der Waals surface area contributed by atoms with Gasteiger partial charge in [-0.25, -0.2) is 0 Å². The van der Waals surface area contributed by atoms with Crippen molar-refractivity contribution in [2.75, 3.05) is 13.2 Å². The van der Waals surface area contributed by atoms with Crippen LogP contribution < -0.4 is 10.1 Å². The number of fused-ring (bicyclic) bond motifs is 1. The quantitative estimate of drug-likeness (QED) is 0.673. The van der Waals surface area contributed by atoms with E-state index in [-0.39, 0.29) is 5.91 Å². The second kappa shape index (κ2) is 7.45. The predicted octanol–water partition coefficient (Wildman–Crippen LogP) is 3.83. The molecule has 1 aliphatic rings. The number of carbonyl (C=O) groups is 1. The molecule has 3 rings (SSSR count). The largest absolute Gasteiger partial charge is 0.492 e. The molecule has 0 atom stereocenters. The van der Waals surface area contributed by atoms with E-state index in [1.807, 2.05) is 30.3 Å². The van der Waals surface area contributed by atoms with Crippen molar-refractivity contribution in [2.24, 2.45) is 0 Å². The normalized spacial score (nSPS) is 14.0. The Bertz CT molecular complexity index is 598. The topological polar surface area (TPSA) is 38.3 Å². The molecule has 0 saturated carbocycles. The molecule has 4 heteroatoms. The SMILES string of the molecule is O=C(NCCOc1ccccc1)c1cc2c(s1)CCCCC2. The van der Waals surface area contributed by atoms with Gasteiger partial charge in [0.25, 0.3) is 5.91 Å².